The van der Waals surface area contributed by atoms with Crippen molar-refractivity contribution in [1.82, 2.24) is 0 Å². The Labute approximate surface area is 117 Å². The van der Waals surface area contributed by atoms with Crippen LogP contribution in [-0.4, -0.2) is 5.78 Å². The predicted molar refractivity (Wildman–Crippen MR) is 70.6 cm³/mol. The number of carbonyl (C=O) groups excluding carboxylic acids is 1. The number of ether oxygens (including phenoxy) is 1. The van der Waals surface area contributed by atoms with Gasteiger partial charge in [-0.1, -0.05) is 15.9 Å². The van der Waals surface area contributed by atoms with Gasteiger partial charge in [0.15, 0.2) is 17.4 Å². The van der Waals surface area contributed by atoms with Crippen LogP contribution in [0.1, 0.15) is 17.3 Å². The highest BCUT2D eigenvalue weighted by Crippen LogP contribution is 2.29. The van der Waals surface area contributed by atoms with Crippen molar-refractivity contribution in [2.45, 2.75) is 6.92 Å². The van der Waals surface area contributed by atoms with Crippen molar-refractivity contribution >= 4 is 21.7 Å². The van der Waals surface area contributed by atoms with E-state index in [2.05, 4.69) is 15.9 Å². The highest BCUT2D eigenvalue weighted by molar-refractivity contribution is 9.10. The van der Waals surface area contributed by atoms with Crippen LogP contribution in [0.4, 0.5) is 8.78 Å². The number of ketones is 1. The van der Waals surface area contributed by atoms with Crippen LogP contribution in [0, 0.1) is 11.6 Å². The van der Waals surface area contributed by atoms with Crippen LogP contribution >= 0.6 is 15.9 Å². The summed E-state index contributed by atoms with van der Waals surface area (Å²) in [4.78, 5) is 11.5. The quantitative estimate of drug-likeness (QED) is 0.763. The van der Waals surface area contributed by atoms with Crippen molar-refractivity contribution in [3.63, 3.8) is 0 Å². The summed E-state index contributed by atoms with van der Waals surface area (Å²) in [5, 5.41) is 0. The van der Waals surface area contributed by atoms with Gasteiger partial charge in [0.05, 0.1) is 5.56 Å². The van der Waals surface area contributed by atoms with Crippen molar-refractivity contribution < 1.29 is 18.3 Å². The molecule has 5 heteroatoms. The van der Waals surface area contributed by atoms with E-state index in [1.165, 1.54) is 13.0 Å². The van der Waals surface area contributed by atoms with Crippen LogP contribution in [0.5, 0.6) is 11.5 Å². The van der Waals surface area contributed by atoms with Gasteiger partial charge >= 0.3 is 0 Å². The second-order valence-corrected chi connectivity index (χ2v) is 4.79. The van der Waals surface area contributed by atoms with Gasteiger partial charge in [-0.3, -0.25) is 4.79 Å². The molecule has 19 heavy (non-hydrogen) atoms. The number of benzene rings is 2. The zero-order chi connectivity index (χ0) is 14.0. The predicted octanol–water partition coefficient (Wildman–Crippen LogP) is 4.72. The summed E-state index contributed by atoms with van der Waals surface area (Å²) in [6.45, 7) is 1.40. The largest absolute Gasteiger partial charge is 0.456 e. The Morgan fingerprint density at radius 3 is 2.47 bits per heavy atom. The fraction of sp³-hybridized carbons (Fsp3) is 0.0714. The van der Waals surface area contributed by atoms with Crippen molar-refractivity contribution in [3.8, 4) is 11.5 Å². The molecule has 2 rings (SSSR count). The lowest BCUT2D eigenvalue weighted by Crippen LogP contribution is -1.97. The summed E-state index contributed by atoms with van der Waals surface area (Å²) in [6, 6.07) is 8.09. The van der Waals surface area contributed by atoms with Gasteiger partial charge in [0.1, 0.15) is 11.5 Å². The molecule has 0 saturated carbocycles. The van der Waals surface area contributed by atoms with Crippen LogP contribution in [-0.2, 0) is 0 Å². The Balaban J connectivity index is 2.39. The number of hydrogen-bond donors (Lipinski definition) is 0. The van der Waals surface area contributed by atoms with E-state index < -0.39 is 11.6 Å². The van der Waals surface area contributed by atoms with Gasteiger partial charge in [-0.2, -0.15) is 0 Å². The zero-order valence-corrected chi connectivity index (χ0v) is 11.5. The SMILES string of the molecule is CC(=O)c1ccc(Br)cc1Oc1ccc(F)c(F)c1. The lowest BCUT2D eigenvalue weighted by molar-refractivity contribution is 0.101. The van der Waals surface area contributed by atoms with E-state index in [9.17, 15) is 13.6 Å². The topological polar surface area (TPSA) is 26.3 Å². The second kappa shape index (κ2) is 5.48. The van der Waals surface area contributed by atoms with Crippen LogP contribution in [0.25, 0.3) is 0 Å². The standard InChI is InChI=1S/C14H9BrF2O2/c1-8(18)11-4-2-9(15)6-14(11)19-10-3-5-12(16)13(17)7-10/h2-7H,1H3. The first kappa shape index (κ1) is 13.7. The Kier molecular flexibility index (Phi) is 3.95. The van der Waals surface area contributed by atoms with E-state index in [4.69, 9.17) is 4.74 Å². The van der Waals surface area contributed by atoms with Crippen molar-refractivity contribution in [2.24, 2.45) is 0 Å². The highest BCUT2D eigenvalue weighted by Gasteiger charge is 2.11. The molecule has 0 aliphatic rings. The van der Waals surface area contributed by atoms with Gasteiger partial charge in [-0.25, -0.2) is 8.78 Å². The molecule has 0 aliphatic carbocycles. The minimum Gasteiger partial charge on any atom is -0.456 e. The lowest BCUT2D eigenvalue weighted by atomic mass is 10.1. The normalized spacial score (nSPS) is 10.3. The Bertz CT molecular complexity index is 641. The molecule has 0 spiro atoms. The molecular weight excluding hydrogens is 318 g/mol. The minimum atomic E-state index is -1.00. The third-order valence-electron chi connectivity index (χ3n) is 2.44. The van der Waals surface area contributed by atoms with E-state index in [0.29, 0.717) is 5.56 Å². The Morgan fingerprint density at radius 1 is 1.11 bits per heavy atom. The average molecular weight is 327 g/mol. The third-order valence-corrected chi connectivity index (χ3v) is 2.94. The maximum atomic E-state index is 13.1. The fourth-order valence-electron chi connectivity index (χ4n) is 1.54. The summed E-state index contributed by atoms with van der Waals surface area (Å²) in [6.07, 6.45) is 0. The van der Waals surface area contributed by atoms with Crippen molar-refractivity contribution in [3.05, 3.63) is 58.1 Å². The number of rotatable bonds is 3. The van der Waals surface area contributed by atoms with Gasteiger partial charge in [0.25, 0.3) is 0 Å². The van der Waals surface area contributed by atoms with Gasteiger partial charge in [-0.15, -0.1) is 0 Å². The van der Waals surface area contributed by atoms with Gasteiger partial charge in [0, 0.05) is 10.5 Å². The molecule has 0 heterocycles. The molecule has 0 aromatic heterocycles. The molecule has 2 aromatic carbocycles. The summed E-state index contributed by atoms with van der Waals surface area (Å²) in [5.41, 5.74) is 0.368. The van der Waals surface area contributed by atoms with Crippen LogP contribution < -0.4 is 4.74 Å². The van der Waals surface area contributed by atoms with Gasteiger partial charge < -0.3 is 4.74 Å². The number of halogens is 3. The second-order valence-electron chi connectivity index (χ2n) is 3.87. The lowest BCUT2D eigenvalue weighted by Gasteiger charge is -2.10. The molecule has 0 N–H and O–H groups in total. The van der Waals surface area contributed by atoms with Crippen LogP contribution in [0.3, 0.4) is 0 Å². The molecule has 2 aromatic rings. The molecule has 0 radical (unpaired) electrons. The monoisotopic (exact) mass is 326 g/mol. The molecule has 0 fully saturated rings. The molecule has 0 atom stereocenters. The molecule has 2 nitrogen and oxygen atoms in total. The first-order chi connectivity index (χ1) is 8.97. The zero-order valence-electron chi connectivity index (χ0n) is 9.91. The van der Waals surface area contributed by atoms with Crippen molar-refractivity contribution in [2.75, 3.05) is 0 Å². The maximum Gasteiger partial charge on any atom is 0.163 e. The Morgan fingerprint density at radius 2 is 1.84 bits per heavy atom. The molecule has 0 bridgehead atoms. The summed E-state index contributed by atoms with van der Waals surface area (Å²) in [7, 11) is 0. The summed E-state index contributed by atoms with van der Waals surface area (Å²) < 4.78 is 32.1. The van der Waals surface area contributed by atoms with Crippen molar-refractivity contribution in [1.29, 1.82) is 0 Å². The highest BCUT2D eigenvalue weighted by atomic mass is 79.9. The van der Waals surface area contributed by atoms with E-state index >= 15 is 0 Å². The van der Waals surface area contributed by atoms with E-state index in [1.807, 2.05) is 0 Å². The van der Waals surface area contributed by atoms with Gasteiger partial charge in [-0.05, 0) is 37.3 Å². The van der Waals surface area contributed by atoms with E-state index in [0.717, 1.165) is 16.6 Å². The smallest absolute Gasteiger partial charge is 0.163 e. The maximum absolute atomic E-state index is 13.1. The summed E-state index contributed by atoms with van der Waals surface area (Å²) in [5.74, 6) is -1.72. The van der Waals surface area contributed by atoms with Crippen LogP contribution in [0.15, 0.2) is 40.9 Å². The first-order valence-corrected chi connectivity index (χ1v) is 6.20. The molecule has 0 amide bonds. The molecule has 0 unspecified atom stereocenters. The van der Waals surface area contributed by atoms with Gasteiger partial charge in [0.2, 0.25) is 0 Å². The van der Waals surface area contributed by atoms with E-state index in [1.54, 1.807) is 18.2 Å². The number of hydrogen-bond acceptors (Lipinski definition) is 2. The number of carbonyl (C=O) groups is 1. The minimum absolute atomic E-state index is 0.125. The fourth-order valence-corrected chi connectivity index (χ4v) is 1.88. The molecule has 0 saturated heterocycles. The Hall–Kier alpha value is -1.75. The number of Topliss-reactive ketones (excluding diaryl/α,β-unsaturated/α-hetero) is 1. The molecule has 0 aliphatic heterocycles. The first-order valence-electron chi connectivity index (χ1n) is 5.41. The van der Waals surface area contributed by atoms with E-state index in [-0.39, 0.29) is 17.3 Å². The third kappa shape index (κ3) is 3.17. The summed E-state index contributed by atoms with van der Waals surface area (Å²) >= 11 is 3.26. The average Bonchev–Trinajstić information content (AvgIpc) is 2.33. The van der Waals surface area contributed by atoms with Crippen LogP contribution in [0.2, 0.25) is 0 Å². The molecule has 98 valence electrons. The molecular formula is C14H9BrF2O2.